The maximum atomic E-state index is 5.69. The van der Waals surface area contributed by atoms with Crippen molar-refractivity contribution in [2.75, 3.05) is 0 Å². The maximum Gasteiger partial charge on any atom is 0.00390 e. The summed E-state index contributed by atoms with van der Waals surface area (Å²) in [6.07, 6.45) is 5.22. The van der Waals surface area contributed by atoms with Crippen LogP contribution in [0.1, 0.15) is 39.5 Å². The molecule has 0 atom stereocenters. The minimum atomic E-state index is 0.611. The van der Waals surface area contributed by atoms with E-state index in [0.29, 0.717) is 5.92 Å². The smallest absolute Gasteiger partial charge is 0.00390 e. The van der Waals surface area contributed by atoms with Crippen LogP contribution in [-0.2, 0) is 0 Å². The van der Waals surface area contributed by atoms with Gasteiger partial charge in [-0.15, -0.1) is 0 Å². The van der Waals surface area contributed by atoms with Crippen LogP contribution in [0.3, 0.4) is 0 Å². The van der Waals surface area contributed by atoms with Crippen molar-refractivity contribution in [3.8, 4) is 0 Å². The third-order valence-corrected chi connectivity index (χ3v) is 3.24. The van der Waals surface area contributed by atoms with Crippen LogP contribution in [0.15, 0.2) is 12.3 Å². The summed E-state index contributed by atoms with van der Waals surface area (Å²) in [7, 11) is 0. The first-order chi connectivity index (χ1) is 5.61. The van der Waals surface area contributed by atoms with Crippen molar-refractivity contribution >= 4 is 0 Å². The molecule has 1 rings (SSSR count). The molecular formula is C11H21N. The number of rotatable bonds is 2. The van der Waals surface area contributed by atoms with E-state index in [-0.39, 0.29) is 0 Å². The monoisotopic (exact) mass is 167 g/mol. The summed E-state index contributed by atoms with van der Waals surface area (Å²) in [5, 5.41) is 0. The Morgan fingerprint density at radius 1 is 1.25 bits per heavy atom. The molecule has 1 aliphatic carbocycles. The Kier molecular flexibility index (Phi) is 3.19. The summed E-state index contributed by atoms with van der Waals surface area (Å²) in [5.74, 6) is 2.39. The van der Waals surface area contributed by atoms with E-state index in [4.69, 9.17) is 5.73 Å². The second-order valence-electron chi connectivity index (χ2n) is 4.43. The van der Waals surface area contributed by atoms with Gasteiger partial charge in [-0.3, -0.25) is 0 Å². The van der Waals surface area contributed by atoms with Gasteiger partial charge in [-0.2, -0.15) is 0 Å². The van der Waals surface area contributed by atoms with Gasteiger partial charge < -0.3 is 5.73 Å². The van der Waals surface area contributed by atoms with Crippen molar-refractivity contribution in [2.24, 2.45) is 23.5 Å². The van der Waals surface area contributed by atoms with Gasteiger partial charge in [0.2, 0.25) is 0 Å². The first kappa shape index (κ1) is 9.63. The zero-order valence-electron chi connectivity index (χ0n) is 8.34. The first-order valence-corrected chi connectivity index (χ1v) is 5.05. The van der Waals surface area contributed by atoms with E-state index in [9.17, 15) is 0 Å². The second kappa shape index (κ2) is 3.97. The van der Waals surface area contributed by atoms with E-state index in [1.807, 2.05) is 0 Å². The van der Waals surface area contributed by atoms with Gasteiger partial charge in [0.15, 0.2) is 0 Å². The van der Waals surface area contributed by atoms with E-state index in [2.05, 4.69) is 20.4 Å². The highest BCUT2D eigenvalue weighted by molar-refractivity contribution is 4.96. The van der Waals surface area contributed by atoms with E-state index in [1.165, 1.54) is 25.7 Å². The molecule has 12 heavy (non-hydrogen) atoms. The van der Waals surface area contributed by atoms with Crippen LogP contribution in [0.5, 0.6) is 0 Å². The summed E-state index contributed by atoms with van der Waals surface area (Å²) < 4.78 is 0. The molecule has 0 aromatic heterocycles. The van der Waals surface area contributed by atoms with Crippen LogP contribution in [0.2, 0.25) is 0 Å². The molecule has 1 saturated carbocycles. The SMILES string of the molecule is C=C(N)[C@H]1CC[C@@H](C(C)C)CC1. The van der Waals surface area contributed by atoms with Gasteiger partial charge in [-0.05, 0) is 43.4 Å². The molecular weight excluding hydrogens is 146 g/mol. The molecule has 0 aliphatic heterocycles. The lowest BCUT2D eigenvalue weighted by Gasteiger charge is -2.30. The van der Waals surface area contributed by atoms with Crippen LogP contribution >= 0.6 is 0 Å². The fourth-order valence-electron chi connectivity index (χ4n) is 2.16. The van der Waals surface area contributed by atoms with E-state index in [0.717, 1.165) is 17.5 Å². The van der Waals surface area contributed by atoms with Gasteiger partial charge in [0, 0.05) is 5.70 Å². The van der Waals surface area contributed by atoms with Crippen LogP contribution in [0.4, 0.5) is 0 Å². The predicted molar refractivity (Wildman–Crippen MR) is 53.6 cm³/mol. The number of allylic oxidation sites excluding steroid dienone is 1. The molecule has 0 aromatic carbocycles. The third kappa shape index (κ3) is 2.26. The van der Waals surface area contributed by atoms with Gasteiger partial charge in [-0.1, -0.05) is 20.4 Å². The molecule has 2 N–H and O–H groups in total. The molecule has 0 aromatic rings. The molecule has 0 unspecified atom stereocenters. The first-order valence-electron chi connectivity index (χ1n) is 5.05. The molecule has 0 saturated heterocycles. The van der Waals surface area contributed by atoms with Crippen molar-refractivity contribution in [1.29, 1.82) is 0 Å². The molecule has 0 heterocycles. The Balaban J connectivity index is 2.34. The van der Waals surface area contributed by atoms with Gasteiger partial charge in [-0.25, -0.2) is 0 Å². The Hall–Kier alpha value is -0.460. The highest BCUT2D eigenvalue weighted by Crippen LogP contribution is 2.34. The molecule has 0 radical (unpaired) electrons. The molecule has 0 amide bonds. The van der Waals surface area contributed by atoms with Gasteiger partial charge in [0.25, 0.3) is 0 Å². The average Bonchev–Trinajstić information content (AvgIpc) is 2.04. The fourth-order valence-corrected chi connectivity index (χ4v) is 2.16. The normalized spacial score (nSPS) is 30.6. The van der Waals surface area contributed by atoms with Crippen LogP contribution in [0, 0.1) is 17.8 Å². The van der Waals surface area contributed by atoms with Gasteiger partial charge >= 0.3 is 0 Å². The Bertz CT molecular complexity index is 152. The quantitative estimate of drug-likeness (QED) is 0.672. The summed E-state index contributed by atoms with van der Waals surface area (Å²) in [6, 6.07) is 0. The average molecular weight is 167 g/mol. The Morgan fingerprint density at radius 2 is 1.75 bits per heavy atom. The molecule has 0 spiro atoms. The Morgan fingerprint density at radius 3 is 2.08 bits per heavy atom. The Labute approximate surface area is 76.0 Å². The number of hydrogen-bond donors (Lipinski definition) is 1. The van der Waals surface area contributed by atoms with Crippen molar-refractivity contribution in [3.63, 3.8) is 0 Å². The summed E-state index contributed by atoms with van der Waals surface area (Å²) in [6.45, 7) is 8.47. The molecule has 1 aliphatic rings. The zero-order chi connectivity index (χ0) is 9.14. The van der Waals surface area contributed by atoms with Crippen LogP contribution in [0.25, 0.3) is 0 Å². The summed E-state index contributed by atoms with van der Waals surface area (Å²) in [5.41, 5.74) is 6.59. The highest BCUT2D eigenvalue weighted by atomic mass is 14.6. The van der Waals surface area contributed by atoms with Crippen LogP contribution < -0.4 is 5.73 Å². The standard InChI is InChI=1S/C11H21N/c1-8(2)10-4-6-11(7-5-10)9(3)12/h8,10-11H,3-7,12H2,1-2H3/t10-,11+. The van der Waals surface area contributed by atoms with E-state index >= 15 is 0 Å². The predicted octanol–water partition coefficient (Wildman–Crippen LogP) is 2.92. The third-order valence-electron chi connectivity index (χ3n) is 3.24. The molecule has 0 bridgehead atoms. The largest absolute Gasteiger partial charge is 0.402 e. The highest BCUT2D eigenvalue weighted by Gasteiger charge is 2.23. The zero-order valence-corrected chi connectivity index (χ0v) is 8.34. The molecule has 70 valence electrons. The summed E-state index contributed by atoms with van der Waals surface area (Å²) >= 11 is 0. The van der Waals surface area contributed by atoms with Crippen molar-refractivity contribution in [1.82, 2.24) is 0 Å². The molecule has 1 fully saturated rings. The molecule has 1 nitrogen and oxygen atoms in total. The van der Waals surface area contributed by atoms with Crippen LogP contribution in [-0.4, -0.2) is 0 Å². The lowest BCUT2D eigenvalue weighted by atomic mass is 9.76. The minimum absolute atomic E-state index is 0.611. The lowest BCUT2D eigenvalue weighted by Crippen LogP contribution is -2.21. The maximum absolute atomic E-state index is 5.69. The van der Waals surface area contributed by atoms with Gasteiger partial charge in [0.1, 0.15) is 0 Å². The van der Waals surface area contributed by atoms with Crippen molar-refractivity contribution < 1.29 is 0 Å². The van der Waals surface area contributed by atoms with Crippen molar-refractivity contribution in [3.05, 3.63) is 12.3 Å². The van der Waals surface area contributed by atoms with E-state index < -0.39 is 0 Å². The number of hydrogen-bond acceptors (Lipinski definition) is 1. The lowest BCUT2D eigenvalue weighted by molar-refractivity contribution is 0.242. The fraction of sp³-hybridized carbons (Fsp3) is 0.818. The van der Waals surface area contributed by atoms with E-state index in [1.54, 1.807) is 0 Å². The minimum Gasteiger partial charge on any atom is -0.402 e. The number of nitrogens with two attached hydrogens (primary N) is 1. The topological polar surface area (TPSA) is 26.0 Å². The van der Waals surface area contributed by atoms with Crippen molar-refractivity contribution in [2.45, 2.75) is 39.5 Å². The second-order valence-corrected chi connectivity index (χ2v) is 4.43. The summed E-state index contributed by atoms with van der Waals surface area (Å²) in [4.78, 5) is 0. The van der Waals surface area contributed by atoms with Gasteiger partial charge in [0.05, 0.1) is 0 Å². The molecule has 1 heteroatoms.